The number of anilines is 1. The van der Waals surface area contributed by atoms with Gasteiger partial charge in [-0.15, -0.1) is 11.3 Å². The van der Waals surface area contributed by atoms with Crippen molar-refractivity contribution < 1.29 is 9.53 Å². The number of amides is 1. The predicted molar refractivity (Wildman–Crippen MR) is 93.1 cm³/mol. The van der Waals surface area contributed by atoms with Crippen LogP contribution in [0.4, 0.5) is 5.69 Å². The van der Waals surface area contributed by atoms with Crippen molar-refractivity contribution in [2.75, 3.05) is 38.2 Å². The Bertz CT molecular complexity index is 648. The topological polar surface area (TPSA) is 32.8 Å². The number of carbonyl (C=O) groups excluding carboxylic acids is 1. The van der Waals surface area contributed by atoms with Crippen molar-refractivity contribution in [1.29, 1.82) is 0 Å². The molecule has 1 aromatic carbocycles. The largest absolute Gasteiger partial charge is 0.497 e. The van der Waals surface area contributed by atoms with Crippen molar-refractivity contribution in [3.8, 4) is 5.75 Å². The number of thiophene rings is 1. The summed E-state index contributed by atoms with van der Waals surface area (Å²) in [5.74, 6) is 0.992. The first-order valence-electron chi connectivity index (χ1n) is 7.11. The smallest absolute Gasteiger partial charge is 0.264 e. The highest BCUT2D eigenvalue weighted by Crippen LogP contribution is 2.25. The molecule has 2 aromatic rings. The van der Waals surface area contributed by atoms with Crippen LogP contribution in [0.15, 0.2) is 40.2 Å². The number of methoxy groups -OCH3 is 1. The van der Waals surface area contributed by atoms with E-state index in [4.69, 9.17) is 4.74 Å². The lowest BCUT2D eigenvalue weighted by Gasteiger charge is -2.36. The zero-order valence-electron chi connectivity index (χ0n) is 12.3. The first-order valence-corrected chi connectivity index (χ1v) is 8.72. The summed E-state index contributed by atoms with van der Waals surface area (Å²) in [6.07, 6.45) is 0. The molecular weight excluding hydrogens is 364 g/mol. The van der Waals surface area contributed by atoms with Crippen LogP contribution in [0.3, 0.4) is 0 Å². The summed E-state index contributed by atoms with van der Waals surface area (Å²) in [4.78, 5) is 17.4. The van der Waals surface area contributed by atoms with E-state index in [1.54, 1.807) is 7.11 Å². The van der Waals surface area contributed by atoms with E-state index in [2.05, 4.69) is 33.0 Å². The van der Waals surface area contributed by atoms with Crippen molar-refractivity contribution in [2.45, 2.75) is 0 Å². The van der Waals surface area contributed by atoms with E-state index in [1.807, 2.05) is 29.2 Å². The van der Waals surface area contributed by atoms with E-state index in [1.165, 1.54) is 17.0 Å². The van der Waals surface area contributed by atoms with E-state index in [9.17, 15) is 4.79 Å². The average Bonchev–Trinajstić information content (AvgIpc) is 3.01. The van der Waals surface area contributed by atoms with Gasteiger partial charge in [-0.1, -0.05) is 0 Å². The number of hydrogen-bond donors (Lipinski definition) is 0. The van der Waals surface area contributed by atoms with Gasteiger partial charge in [0.05, 0.1) is 15.8 Å². The van der Waals surface area contributed by atoms with Crippen molar-refractivity contribution in [1.82, 2.24) is 4.90 Å². The second kappa shape index (κ2) is 6.71. The second-order valence-electron chi connectivity index (χ2n) is 5.08. The minimum absolute atomic E-state index is 0.130. The van der Waals surface area contributed by atoms with Crippen molar-refractivity contribution in [3.05, 3.63) is 45.1 Å². The first-order chi connectivity index (χ1) is 10.7. The maximum atomic E-state index is 12.4. The Labute approximate surface area is 142 Å². The third kappa shape index (κ3) is 3.28. The molecule has 4 nitrogen and oxygen atoms in total. The number of halogens is 1. The molecule has 1 fully saturated rings. The Kier molecular flexibility index (Phi) is 4.69. The van der Waals surface area contributed by atoms with Gasteiger partial charge in [-0.3, -0.25) is 4.79 Å². The molecule has 0 atom stereocenters. The van der Waals surface area contributed by atoms with Crippen LogP contribution >= 0.6 is 27.3 Å². The molecule has 1 aliphatic heterocycles. The number of carbonyl (C=O) groups is 1. The number of ether oxygens (including phenoxy) is 1. The Hall–Kier alpha value is -1.53. The van der Waals surface area contributed by atoms with Crippen molar-refractivity contribution in [3.63, 3.8) is 0 Å². The molecule has 0 saturated carbocycles. The highest BCUT2D eigenvalue weighted by molar-refractivity contribution is 9.11. The van der Waals surface area contributed by atoms with E-state index in [0.29, 0.717) is 0 Å². The molecule has 0 unspecified atom stereocenters. The Morgan fingerprint density at radius 2 is 1.77 bits per heavy atom. The molecule has 1 saturated heterocycles. The van der Waals surface area contributed by atoms with Crippen molar-refractivity contribution in [2.24, 2.45) is 0 Å². The third-order valence-electron chi connectivity index (χ3n) is 3.79. The maximum absolute atomic E-state index is 12.4. The first kappa shape index (κ1) is 15.4. The average molecular weight is 381 g/mol. The van der Waals surface area contributed by atoms with Crippen molar-refractivity contribution >= 4 is 38.9 Å². The number of rotatable bonds is 3. The Morgan fingerprint density at radius 3 is 2.32 bits per heavy atom. The standard InChI is InChI=1S/C16H17BrN2O2S/c1-21-13-4-2-12(3-5-13)18-8-10-19(11-9-18)16(20)14-6-7-15(17)22-14/h2-7H,8-11H2,1H3. The minimum atomic E-state index is 0.130. The van der Waals surface area contributed by atoms with Crippen LogP contribution in [0, 0.1) is 0 Å². The molecular formula is C16H17BrN2O2S. The van der Waals surface area contributed by atoms with Crippen LogP contribution in [0.1, 0.15) is 9.67 Å². The van der Waals surface area contributed by atoms with E-state index in [0.717, 1.165) is 40.6 Å². The van der Waals surface area contributed by atoms with E-state index < -0.39 is 0 Å². The van der Waals surface area contributed by atoms with E-state index >= 15 is 0 Å². The molecule has 0 bridgehead atoms. The van der Waals surface area contributed by atoms with Gasteiger partial charge in [-0.25, -0.2) is 0 Å². The third-order valence-corrected chi connectivity index (χ3v) is 5.40. The molecule has 3 rings (SSSR count). The molecule has 0 spiro atoms. The zero-order chi connectivity index (χ0) is 15.5. The van der Waals surface area contributed by atoms with Crippen LogP contribution in [-0.2, 0) is 0 Å². The SMILES string of the molecule is COc1ccc(N2CCN(C(=O)c3ccc(Br)s3)CC2)cc1. The molecule has 22 heavy (non-hydrogen) atoms. The van der Waals surface area contributed by atoms with Crippen LogP contribution in [0.2, 0.25) is 0 Å². The van der Waals surface area contributed by atoms with Gasteiger partial charge in [0.25, 0.3) is 5.91 Å². The van der Waals surface area contributed by atoms with Gasteiger partial charge in [-0.2, -0.15) is 0 Å². The van der Waals surface area contributed by atoms with Gasteiger partial charge < -0.3 is 14.5 Å². The summed E-state index contributed by atoms with van der Waals surface area (Å²) >= 11 is 4.89. The predicted octanol–water partition coefficient (Wildman–Crippen LogP) is 3.48. The zero-order valence-corrected chi connectivity index (χ0v) is 14.7. The summed E-state index contributed by atoms with van der Waals surface area (Å²) in [7, 11) is 1.67. The fourth-order valence-electron chi connectivity index (χ4n) is 2.55. The molecule has 116 valence electrons. The lowest BCUT2D eigenvalue weighted by molar-refractivity contribution is 0.0751. The van der Waals surface area contributed by atoms with Gasteiger partial charge in [0.15, 0.2) is 0 Å². The number of nitrogens with zero attached hydrogens (tertiary/aromatic N) is 2. The molecule has 6 heteroatoms. The fraction of sp³-hybridized carbons (Fsp3) is 0.312. The van der Waals surface area contributed by atoms with Gasteiger partial charge in [-0.05, 0) is 52.3 Å². The van der Waals surface area contributed by atoms with Crippen LogP contribution in [-0.4, -0.2) is 44.1 Å². The maximum Gasteiger partial charge on any atom is 0.264 e. The van der Waals surface area contributed by atoms with Gasteiger partial charge in [0.2, 0.25) is 0 Å². The highest BCUT2D eigenvalue weighted by Gasteiger charge is 2.23. The minimum Gasteiger partial charge on any atom is -0.497 e. The number of benzene rings is 1. The van der Waals surface area contributed by atoms with Crippen LogP contribution < -0.4 is 9.64 Å². The number of piperazine rings is 1. The number of hydrogen-bond acceptors (Lipinski definition) is 4. The molecule has 1 aliphatic rings. The normalized spacial score (nSPS) is 15.0. The Morgan fingerprint density at radius 1 is 1.09 bits per heavy atom. The molecule has 1 aromatic heterocycles. The lowest BCUT2D eigenvalue weighted by Crippen LogP contribution is -2.48. The van der Waals surface area contributed by atoms with Gasteiger partial charge in [0, 0.05) is 31.9 Å². The Balaban J connectivity index is 1.61. The summed E-state index contributed by atoms with van der Waals surface area (Å²) in [5, 5.41) is 0. The summed E-state index contributed by atoms with van der Waals surface area (Å²) in [6, 6.07) is 11.9. The summed E-state index contributed by atoms with van der Waals surface area (Å²) in [5.41, 5.74) is 1.17. The monoisotopic (exact) mass is 380 g/mol. The summed E-state index contributed by atoms with van der Waals surface area (Å²) in [6.45, 7) is 3.20. The van der Waals surface area contributed by atoms with Crippen LogP contribution in [0.5, 0.6) is 5.75 Å². The second-order valence-corrected chi connectivity index (χ2v) is 7.54. The van der Waals surface area contributed by atoms with Gasteiger partial charge in [0.1, 0.15) is 5.75 Å². The molecule has 1 amide bonds. The van der Waals surface area contributed by atoms with Crippen LogP contribution in [0.25, 0.3) is 0 Å². The fourth-order valence-corrected chi connectivity index (χ4v) is 3.90. The van der Waals surface area contributed by atoms with E-state index in [-0.39, 0.29) is 5.91 Å². The molecule has 0 N–H and O–H groups in total. The quantitative estimate of drug-likeness (QED) is 0.816. The highest BCUT2D eigenvalue weighted by atomic mass is 79.9. The molecule has 0 radical (unpaired) electrons. The lowest BCUT2D eigenvalue weighted by atomic mass is 10.2. The summed E-state index contributed by atoms with van der Waals surface area (Å²) < 4.78 is 6.18. The van der Waals surface area contributed by atoms with Gasteiger partial charge >= 0.3 is 0 Å². The molecule has 2 heterocycles. The molecule has 0 aliphatic carbocycles.